The Morgan fingerprint density at radius 1 is 1.30 bits per heavy atom. The van der Waals surface area contributed by atoms with Crippen molar-refractivity contribution < 1.29 is 9.53 Å². The molecule has 1 aromatic heterocycles. The molecule has 0 N–H and O–H groups in total. The predicted octanol–water partition coefficient (Wildman–Crippen LogP) is 0.154. The lowest BCUT2D eigenvalue weighted by Crippen LogP contribution is -2.48. The number of piperidine rings is 1. The first-order valence-electron chi connectivity index (χ1n) is 8.62. The van der Waals surface area contributed by atoms with Crippen molar-refractivity contribution in [3.05, 3.63) is 5.82 Å². The van der Waals surface area contributed by atoms with Crippen molar-refractivity contribution in [3.8, 4) is 0 Å². The average Bonchev–Trinajstić information content (AvgIpc) is 3.02. The molecule has 2 saturated heterocycles. The Kier molecular flexibility index (Phi) is 5.56. The number of aryl methyl sites for hydroxylation is 1. The average molecular weight is 322 g/mol. The smallest absolute Gasteiger partial charge is 0.227 e. The number of amides is 1. The Bertz CT molecular complexity index is 514. The van der Waals surface area contributed by atoms with Gasteiger partial charge in [-0.25, -0.2) is 4.68 Å². The van der Waals surface area contributed by atoms with Gasteiger partial charge in [0.15, 0.2) is 5.82 Å². The third-order valence-electron chi connectivity index (χ3n) is 4.58. The maximum absolute atomic E-state index is 12.7. The van der Waals surface area contributed by atoms with Crippen LogP contribution in [-0.2, 0) is 22.6 Å². The van der Waals surface area contributed by atoms with E-state index in [9.17, 15) is 4.79 Å². The van der Waals surface area contributed by atoms with E-state index < -0.39 is 0 Å². The van der Waals surface area contributed by atoms with Crippen LogP contribution < -0.4 is 0 Å². The number of nitrogens with zero attached hydrogens (tertiary/aromatic N) is 6. The molecule has 1 aromatic rings. The van der Waals surface area contributed by atoms with Crippen LogP contribution >= 0.6 is 0 Å². The molecule has 0 radical (unpaired) electrons. The van der Waals surface area contributed by atoms with E-state index >= 15 is 0 Å². The minimum atomic E-state index is 0.0948. The number of ether oxygens (including phenoxy) is 1. The van der Waals surface area contributed by atoms with E-state index in [2.05, 4.69) is 27.3 Å². The molecule has 1 atom stereocenters. The molecule has 2 aliphatic heterocycles. The van der Waals surface area contributed by atoms with E-state index in [0.29, 0.717) is 13.2 Å². The highest BCUT2D eigenvalue weighted by molar-refractivity contribution is 5.79. The Balaban J connectivity index is 1.57. The van der Waals surface area contributed by atoms with Crippen molar-refractivity contribution in [3.63, 3.8) is 0 Å². The van der Waals surface area contributed by atoms with Crippen LogP contribution in [0.2, 0.25) is 0 Å². The zero-order chi connectivity index (χ0) is 16.1. The Hall–Kier alpha value is -1.54. The van der Waals surface area contributed by atoms with E-state index in [1.54, 1.807) is 0 Å². The lowest BCUT2D eigenvalue weighted by Gasteiger charge is -2.35. The fourth-order valence-electron chi connectivity index (χ4n) is 3.36. The lowest BCUT2D eigenvalue weighted by atomic mass is 9.96. The van der Waals surface area contributed by atoms with Gasteiger partial charge in [0.25, 0.3) is 0 Å². The monoisotopic (exact) mass is 322 g/mol. The highest BCUT2D eigenvalue weighted by Gasteiger charge is 2.30. The van der Waals surface area contributed by atoms with Crippen LogP contribution in [0.1, 0.15) is 32.0 Å². The van der Waals surface area contributed by atoms with Crippen LogP contribution in [0, 0.1) is 5.92 Å². The van der Waals surface area contributed by atoms with Gasteiger partial charge in [-0.1, -0.05) is 6.92 Å². The van der Waals surface area contributed by atoms with E-state index in [0.717, 1.165) is 64.4 Å². The summed E-state index contributed by atoms with van der Waals surface area (Å²) in [6.45, 7) is 8.26. The first kappa shape index (κ1) is 16.3. The van der Waals surface area contributed by atoms with E-state index in [1.165, 1.54) is 0 Å². The van der Waals surface area contributed by atoms with Crippen LogP contribution in [0.25, 0.3) is 0 Å². The second kappa shape index (κ2) is 7.83. The van der Waals surface area contributed by atoms with Gasteiger partial charge in [0.05, 0.1) is 25.7 Å². The number of carbonyl (C=O) groups is 1. The molecular formula is C15H26N6O2. The second-order valence-electron chi connectivity index (χ2n) is 6.33. The first-order chi connectivity index (χ1) is 11.3. The van der Waals surface area contributed by atoms with Gasteiger partial charge in [0.2, 0.25) is 5.91 Å². The van der Waals surface area contributed by atoms with Gasteiger partial charge in [-0.15, -0.1) is 5.10 Å². The Labute approximate surface area is 136 Å². The van der Waals surface area contributed by atoms with Gasteiger partial charge in [-0.3, -0.25) is 9.69 Å². The summed E-state index contributed by atoms with van der Waals surface area (Å²) >= 11 is 0. The van der Waals surface area contributed by atoms with Gasteiger partial charge in [-0.05, 0) is 36.2 Å². The molecule has 128 valence electrons. The minimum absolute atomic E-state index is 0.0948. The number of likely N-dealkylation sites (tertiary alicyclic amines) is 1. The van der Waals surface area contributed by atoms with Crippen LogP contribution in [0.5, 0.6) is 0 Å². The van der Waals surface area contributed by atoms with Crippen LogP contribution in [0.15, 0.2) is 0 Å². The molecule has 1 unspecified atom stereocenters. The Morgan fingerprint density at radius 3 is 2.91 bits per heavy atom. The first-order valence-corrected chi connectivity index (χ1v) is 8.62. The molecule has 1 amide bonds. The number of tetrazole rings is 1. The normalized spacial score (nSPS) is 23.2. The third-order valence-corrected chi connectivity index (χ3v) is 4.58. The van der Waals surface area contributed by atoms with Crippen molar-refractivity contribution in [1.82, 2.24) is 30.0 Å². The molecule has 2 fully saturated rings. The zero-order valence-corrected chi connectivity index (χ0v) is 13.9. The van der Waals surface area contributed by atoms with Crippen LogP contribution in [0.3, 0.4) is 0 Å². The molecule has 8 heteroatoms. The quantitative estimate of drug-likeness (QED) is 0.768. The van der Waals surface area contributed by atoms with E-state index in [-0.39, 0.29) is 11.8 Å². The summed E-state index contributed by atoms with van der Waals surface area (Å²) in [5.74, 6) is 1.27. The molecule has 0 saturated carbocycles. The van der Waals surface area contributed by atoms with Crippen molar-refractivity contribution in [2.24, 2.45) is 5.92 Å². The number of hydrogen-bond donors (Lipinski definition) is 0. The molecule has 3 heterocycles. The summed E-state index contributed by atoms with van der Waals surface area (Å²) in [4.78, 5) is 16.9. The number of hydrogen-bond acceptors (Lipinski definition) is 6. The summed E-state index contributed by atoms with van der Waals surface area (Å²) in [5, 5.41) is 12.0. The van der Waals surface area contributed by atoms with Crippen molar-refractivity contribution in [2.45, 2.75) is 39.3 Å². The van der Waals surface area contributed by atoms with Gasteiger partial charge < -0.3 is 9.64 Å². The van der Waals surface area contributed by atoms with E-state index in [1.807, 2.05) is 9.58 Å². The molecule has 0 aromatic carbocycles. The number of morpholine rings is 1. The zero-order valence-electron chi connectivity index (χ0n) is 13.9. The van der Waals surface area contributed by atoms with Crippen LogP contribution in [-0.4, -0.2) is 75.3 Å². The fourth-order valence-corrected chi connectivity index (χ4v) is 3.36. The van der Waals surface area contributed by atoms with Gasteiger partial charge in [-0.2, -0.15) is 0 Å². The standard InChI is InChI=1S/C15H26N6O2/c1-2-5-21-14(16-17-18-21)12-19-6-3-4-13(11-19)15(22)20-7-9-23-10-8-20/h13H,2-12H2,1H3. The topological polar surface area (TPSA) is 76.4 Å². The summed E-state index contributed by atoms with van der Waals surface area (Å²) in [6.07, 6.45) is 3.04. The minimum Gasteiger partial charge on any atom is -0.378 e. The summed E-state index contributed by atoms with van der Waals surface area (Å²) in [5.41, 5.74) is 0. The SMILES string of the molecule is CCCn1nnnc1CN1CCCC(C(=O)N2CCOCC2)C1. The fraction of sp³-hybridized carbons (Fsp3) is 0.867. The third kappa shape index (κ3) is 4.06. The highest BCUT2D eigenvalue weighted by atomic mass is 16.5. The second-order valence-corrected chi connectivity index (χ2v) is 6.33. The molecule has 2 aliphatic rings. The number of aromatic nitrogens is 4. The molecule has 0 bridgehead atoms. The van der Waals surface area contributed by atoms with Crippen molar-refractivity contribution >= 4 is 5.91 Å². The van der Waals surface area contributed by atoms with Crippen molar-refractivity contribution in [1.29, 1.82) is 0 Å². The van der Waals surface area contributed by atoms with Gasteiger partial charge >= 0.3 is 0 Å². The summed E-state index contributed by atoms with van der Waals surface area (Å²) < 4.78 is 7.20. The van der Waals surface area contributed by atoms with Gasteiger partial charge in [0, 0.05) is 26.2 Å². The predicted molar refractivity (Wildman–Crippen MR) is 83.5 cm³/mol. The highest BCUT2D eigenvalue weighted by Crippen LogP contribution is 2.20. The Morgan fingerprint density at radius 2 is 2.13 bits per heavy atom. The summed E-state index contributed by atoms with van der Waals surface area (Å²) in [6, 6.07) is 0. The number of rotatable bonds is 5. The molecule has 8 nitrogen and oxygen atoms in total. The van der Waals surface area contributed by atoms with Gasteiger partial charge in [0.1, 0.15) is 0 Å². The maximum Gasteiger partial charge on any atom is 0.227 e. The summed E-state index contributed by atoms with van der Waals surface area (Å²) in [7, 11) is 0. The number of carbonyl (C=O) groups excluding carboxylic acids is 1. The molecule has 0 spiro atoms. The lowest BCUT2D eigenvalue weighted by molar-refractivity contribution is -0.141. The molecule has 23 heavy (non-hydrogen) atoms. The molecule has 0 aliphatic carbocycles. The molecule has 3 rings (SSSR count). The van der Waals surface area contributed by atoms with E-state index in [4.69, 9.17) is 4.74 Å². The van der Waals surface area contributed by atoms with Crippen LogP contribution in [0.4, 0.5) is 0 Å². The van der Waals surface area contributed by atoms with Crippen molar-refractivity contribution in [2.75, 3.05) is 39.4 Å². The largest absolute Gasteiger partial charge is 0.378 e. The maximum atomic E-state index is 12.7. The molecular weight excluding hydrogens is 296 g/mol.